The second kappa shape index (κ2) is 6.74. The summed E-state index contributed by atoms with van der Waals surface area (Å²) in [6.45, 7) is 2.16. The lowest BCUT2D eigenvalue weighted by Gasteiger charge is -2.34. The van der Waals surface area contributed by atoms with Gasteiger partial charge in [0, 0.05) is 18.0 Å². The minimum Gasteiger partial charge on any atom is -0.353 e. The van der Waals surface area contributed by atoms with Crippen molar-refractivity contribution in [2.45, 2.75) is 89.1 Å². The van der Waals surface area contributed by atoms with Crippen LogP contribution in [0, 0.1) is 5.92 Å². The van der Waals surface area contributed by atoms with E-state index in [9.17, 15) is 4.79 Å². The Hall–Kier alpha value is -0.570. The van der Waals surface area contributed by atoms with Gasteiger partial charge in [0.25, 0.3) is 0 Å². The highest BCUT2D eigenvalue weighted by molar-refractivity contribution is 5.77. The molecule has 2 saturated carbocycles. The number of hydrogen-bond donors (Lipinski definition) is 2. The highest BCUT2D eigenvalue weighted by Crippen LogP contribution is 2.29. The summed E-state index contributed by atoms with van der Waals surface area (Å²) in [6, 6.07) is 0.319. The quantitative estimate of drug-likeness (QED) is 0.821. The smallest absolute Gasteiger partial charge is 0.222 e. The zero-order chi connectivity index (χ0) is 13.7. The average Bonchev–Trinajstić information content (AvgIpc) is 2.39. The van der Waals surface area contributed by atoms with Gasteiger partial charge in [0.1, 0.15) is 0 Å². The van der Waals surface area contributed by atoms with Gasteiger partial charge in [-0.1, -0.05) is 38.5 Å². The Kier molecular flexibility index (Phi) is 5.26. The van der Waals surface area contributed by atoms with Crippen LogP contribution in [-0.2, 0) is 4.79 Å². The third-order valence-corrected chi connectivity index (χ3v) is 5.11. The first-order valence-corrected chi connectivity index (χ1v) is 8.17. The number of hydrogen-bond acceptors (Lipinski definition) is 2. The van der Waals surface area contributed by atoms with Gasteiger partial charge >= 0.3 is 0 Å². The van der Waals surface area contributed by atoms with Crippen molar-refractivity contribution in [1.82, 2.24) is 5.32 Å². The standard InChI is InChI=1S/C16H30N2O/c1-13(14-8-4-2-5-9-14)18-15(19)12-16(17)10-6-3-7-11-16/h13-14H,2-12,17H2,1H3,(H,18,19)/t13-/m0/s1. The van der Waals surface area contributed by atoms with E-state index in [4.69, 9.17) is 5.73 Å². The van der Waals surface area contributed by atoms with Crippen molar-refractivity contribution >= 4 is 5.91 Å². The van der Waals surface area contributed by atoms with Gasteiger partial charge in [-0.15, -0.1) is 0 Å². The predicted octanol–water partition coefficient (Wildman–Crippen LogP) is 3.12. The van der Waals surface area contributed by atoms with Crippen LogP contribution in [0.5, 0.6) is 0 Å². The molecule has 3 nitrogen and oxygen atoms in total. The molecule has 0 radical (unpaired) electrons. The molecule has 0 bridgehead atoms. The van der Waals surface area contributed by atoms with Gasteiger partial charge in [-0.3, -0.25) is 4.79 Å². The van der Waals surface area contributed by atoms with E-state index in [0.29, 0.717) is 18.4 Å². The molecule has 2 aliphatic carbocycles. The summed E-state index contributed by atoms with van der Waals surface area (Å²) in [4.78, 5) is 12.2. The molecule has 3 heteroatoms. The van der Waals surface area contributed by atoms with E-state index < -0.39 is 0 Å². The van der Waals surface area contributed by atoms with Crippen molar-refractivity contribution in [3.05, 3.63) is 0 Å². The lowest BCUT2D eigenvalue weighted by Crippen LogP contribution is -2.48. The molecule has 0 aromatic rings. The fourth-order valence-corrected chi connectivity index (χ4v) is 3.81. The molecule has 0 heterocycles. The summed E-state index contributed by atoms with van der Waals surface area (Å²) in [7, 11) is 0. The van der Waals surface area contributed by atoms with Crippen LogP contribution in [-0.4, -0.2) is 17.5 Å². The summed E-state index contributed by atoms with van der Waals surface area (Å²) < 4.78 is 0. The van der Waals surface area contributed by atoms with Crippen LogP contribution in [0.2, 0.25) is 0 Å². The second-order valence-corrected chi connectivity index (χ2v) is 6.85. The van der Waals surface area contributed by atoms with Gasteiger partial charge in [-0.25, -0.2) is 0 Å². The Morgan fingerprint density at radius 1 is 1.16 bits per heavy atom. The number of nitrogens with two attached hydrogens (primary N) is 1. The van der Waals surface area contributed by atoms with E-state index >= 15 is 0 Å². The molecule has 0 saturated heterocycles. The van der Waals surface area contributed by atoms with Crippen molar-refractivity contribution in [1.29, 1.82) is 0 Å². The SMILES string of the molecule is C[C@H](NC(=O)CC1(N)CCCCC1)C1CCCCC1. The highest BCUT2D eigenvalue weighted by atomic mass is 16.1. The van der Waals surface area contributed by atoms with Crippen molar-refractivity contribution in [3.8, 4) is 0 Å². The van der Waals surface area contributed by atoms with Crippen molar-refractivity contribution in [3.63, 3.8) is 0 Å². The molecular weight excluding hydrogens is 236 g/mol. The summed E-state index contributed by atoms with van der Waals surface area (Å²) in [5, 5.41) is 3.20. The molecule has 3 N–H and O–H groups in total. The fraction of sp³-hybridized carbons (Fsp3) is 0.938. The van der Waals surface area contributed by atoms with Crippen molar-refractivity contribution < 1.29 is 4.79 Å². The van der Waals surface area contributed by atoms with E-state index in [1.54, 1.807) is 0 Å². The molecule has 1 atom stereocenters. The molecule has 0 aromatic carbocycles. The first-order chi connectivity index (χ1) is 9.09. The van der Waals surface area contributed by atoms with Crippen LogP contribution >= 0.6 is 0 Å². The maximum Gasteiger partial charge on any atom is 0.222 e. The zero-order valence-corrected chi connectivity index (χ0v) is 12.4. The van der Waals surface area contributed by atoms with Gasteiger partial charge in [-0.2, -0.15) is 0 Å². The van der Waals surface area contributed by atoms with E-state index in [-0.39, 0.29) is 11.4 Å². The Morgan fingerprint density at radius 2 is 1.74 bits per heavy atom. The summed E-state index contributed by atoms with van der Waals surface area (Å²) in [6.07, 6.45) is 12.7. The molecule has 2 rings (SSSR count). The largest absolute Gasteiger partial charge is 0.353 e. The third kappa shape index (κ3) is 4.48. The van der Waals surface area contributed by atoms with E-state index in [0.717, 1.165) is 12.8 Å². The first-order valence-electron chi connectivity index (χ1n) is 8.17. The van der Waals surface area contributed by atoms with Crippen LogP contribution in [0.4, 0.5) is 0 Å². The van der Waals surface area contributed by atoms with Crippen LogP contribution < -0.4 is 11.1 Å². The van der Waals surface area contributed by atoms with Gasteiger partial charge in [-0.05, 0) is 38.5 Å². The molecule has 19 heavy (non-hydrogen) atoms. The molecule has 110 valence electrons. The number of carbonyl (C=O) groups excluding carboxylic acids is 1. The number of rotatable bonds is 4. The number of carbonyl (C=O) groups is 1. The molecular formula is C16H30N2O. The van der Waals surface area contributed by atoms with E-state index in [1.807, 2.05) is 0 Å². The predicted molar refractivity (Wildman–Crippen MR) is 78.8 cm³/mol. The lowest BCUT2D eigenvalue weighted by molar-refractivity contribution is -0.123. The summed E-state index contributed by atoms with van der Waals surface area (Å²) >= 11 is 0. The third-order valence-electron chi connectivity index (χ3n) is 5.11. The van der Waals surface area contributed by atoms with Crippen LogP contribution in [0.15, 0.2) is 0 Å². The number of nitrogens with one attached hydrogen (secondary N) is 1. The highest BCUT2D eigenvalue weighted by Gasteiger charge is 2.31. The van der Waals surface area contributed by atoms with Crippen LogP contribution in [0.3, 0.4) is 0 Å². The van der Waals surface area contributed by atoms with Crippen molar-refractivity contribution in [2.75, 3.05) is 0 Å². The molecule has 0 unspecified atom stereocenters. The lowest BCUT2D eigenvalue weighted by atomic mass is 9.79. The van der Waals surface area contributed by atoms with Gasteiger partial charge in [0.2, 0.25) is 5.91 Å². The number of amides is 1. The summed E-state index contributed by atoms with van der Waals surface area (Å²) in [5.41, 5.74) is 6.13. The first kappa shape index (κ1) is 14.8. The van der Waals surface area contributed by atoms with Gasteiger partial charge in [0.05, 0.1) is 0 Å². The molecule has 2 aliphatic rings. The molecule has 0 aromatic heterocycles. The Labute approximate surface area is 117 Å². The van der Waals surface area contributed by atoms with E-state index in [1.165, 1.54) is 51.4 Å². The van der Waals surface area contributed by atoms with Gasteiger partial charge < -0.3 is 11.1 Å². The minimum atomic E-state index is -0.228. The zero-order valence-electron chi connectivity index (χ0n) is 12.4. The normalized spacial score (nSPS) is 25.8. The molecule has 1 amide bonds. The van der Waals surface area contributed by atoms with Crippen LogP contribution in [0.1, 0.15) is 77.6 Å². The maximum atomic E-state index is 12.2. The van der Waals surface area contributed by atoms with Crippen LogP contribution in [0.25, 0.3) is 0 Å². The minimum absolute atomic E-state index is 0.169. The monoisotopic (exact) mass is 266 g/mol. The molecule has 0 aliphatic heterocycles. The summed E-state index contributed by atoms with van der Waals surface area (Å²) in [5.74, 6) is 0.847. The fourth-order valence-electron chi connectivity index (χ4n) is 3.81. The average molecular weight is 266 g/mol. The van der Waals surface area contributed by atoms with Crippen molar-refractivity contribution in [2.24, 2.45) is 11.7 Å². The molecule has 2 fully saturated rings. The van der Waals surface area contributed by atoms with Gasteiger partial charge in [0.15, 0.2) is 0 Å². The Bertz CT molecular complexity index is 291. The maximum absolute atomic E-state index is 12.2. The second-order valence-electron chi connectivity index (χ2n) is 6.85. The topological polar surface area (TPSA) is 55.1 Å². The Balaban J connectivity index is 1.76. The van der Waals surface area contributed by atoms with E-state index in [2.05, 4.69) is 12.2 Å². The molecule has 0 spiro atoms. The Morgan fingerprint density at radius 3 is 2.37 bits per heavy atom.